The fraction of sp³-hybridized carbons (Fsp3) is 0.524. The number of aryl methyl sites for hydroxylation is 1. The van der Waals surface area contributed by atoms with Gasteiger partial charge in [0.2, 0.25) is 5.91 Å². The standard InChI is InChI=1S/C21H29N3O6/c1-15(2)14-18(22-16(3)25)20(27)23-12-7-13-24(23)21(28)30-29-19(26)11-10-17-8-5-4-6-9-17/h4-6,8-9,15,18H,7,10-14H2,1-3H3,(H,22,25)/t18-/m0/s1. The average molecular weight is 419 g/mol. The first-order valence-electron chi connectivity index (χ1n) is 10.1. The molecule has 1 atom stereocenters. The molecule has 0 bridgehead atoms. The van der Waals surface area contributed by atoms with Crippen molar-refractivity contribution in [3.05, 3.63) is 35.9 Å². The summed E-state index contributed by atoms with van der Waals surface area (Å²) in [5, 5.41) is 4.97. The summed E-state index contributed by atoms with van der Waals surface area (Å²) in [7, 11) is 0. The number of hydrogen-bond donors (Lipinski definition) is 1. The molecule has 1 N–H and O–H groups in total. The van der Waals surface area contributed by atoms with Crippen LogP contribution in [0.3, 0.4) is 0 Å². The summed E-state index contributed by atoms with van der Waals surface area (Å²) in [6, 6.07) is 8.64. The van der Waals surface area contributed by atoms with E-state index in [9.17, 15) is 19.2 Å². The van der Waals surface area contributed by atoms with Crippen molar-refractivity contribution in [2.75, 3.05) is 13.1 Å². The highest BCUT2D eigenvalue weighted by atomic mass is 17.2. The van der Waals surface area contributed by atoms with Crippen LogP contribution in [0.25, 0.3) is 0 Å². The van der Waals surface area contributed by atoms with E-state index in [-0.39, 0.29) is 24.8 Å². The molecular formula is C21H29N3O6. The molecule has 1 aromatic carbocycles. The number of carbonyl (C=O) groups excluding carboxylic acids is 4. The fourth-order valence-corrected chi connectivity index (χ4v) is 3.21. The van der Waals surface area contributed by atoms with Gasteiger partial charge in [-0.25, -0.2) is 29.4 Å². The Bertz CT molecular complexity index is 752. The van der Waals surface area contributed by atoms with Crippen LogP contribution >= 0.6 is 0 Å². The number of carbonyl (C=O) groups is 4. The highest BCUT2D eigenvalue weighted by Crippen LogP contribution is 2.17. The predicted octanol–water partition coefficient (Wildman–Crippen LogP) is 2.21. The van der Waals surface area contributed by atoms with Crippen molar-refractivity contribution in [1.29, 1.82) is 0 Å². The van der Waals surface area contributed by atoms with Crippen LogP contribution in [-0.2, 0) is 30.6 Å². The minimum absolute atomic E-state index is 0.0545. The smallest absolute Gasteiger partial charge is 0.344 e. The quantitative estimate of drug-likeness (QED) is 0.537. The van der Waals surface area contributed by atoms with E-state index in [4.69, 9.17) is 0 Å². The highest BCUT2D eigenvalue weighted by Gasteiger charge is 2.36. The first-order chi connectivity index (χ1) is 14.3. The van der Waals surface area contributed by atoms with Crippen molar-refractivity contribution in [2.45, 2.75) is 52.5 Å². The summed E-state index contributed by atoms with van der Waals surface area (Å²) in [5.74, 6) is -1.24. The summed E-state index contributed by atoms with van der Waals surface area (Å²) >= 11 is 0. The monoisotopic (exact) mass is 419 g/mol. The summed E-state index contributed by atoms with van der Waals surface area (Å²) in [6.45, 7) is 5.77. The van der Waals surface area contributed by atoms with Crippen LogP contribution in [0.5, 0.6) is 0 Å². The molecule has 1 aromatic rings. The zero-order valence-corrected chi connectivity index (χ0v) is 17.6. The third kappa shape index (κ3) is 7.06. The molecule has 1 heterocycles. The number of nitrogens with one attached hydrogen (secondary N) is 1. The van der Waals surface area contributed by atoms with Crippen molar-refractivity contribution >= 4 is 23.9 Å². The summed E-state index contributed by atoms with van der Waals surface area (Å²) in [6.07, 6.45) is 0.557. The fourth-order valence-electron chi connectivity index (χ4n) is 3.21. The van der Waals surface area contributed by atoms with Crippen LogP contribution < -0.4 is 5.32 Å². The maximum atomic E-state index is 12.9. The van der Waals surface area contributed by atoms with Gasteiger partial charge in [0.15, 0.2) is 0 Å². The topological polar surface area (TPSA) is 105 Å². The Morgan fingerprint density at radius 3 is 2.33 bits per heavy atom. The zero-order valence-electron chi connectivity index (χ0n) is 17.6. The molecule has 3 amide bonds. The summed E-state index contributed by atoms with van der Waals surface area (Å²) < 4.78 is 0. The maximum absolute atomic E-state index is 12.9. The summed E-state index contributed by atoms with van der Waals surface area (Å²) in [4.78, 5) is 57.8. The second-order valence-electron chi connectivity index (χ2n) is 7.61. The van der Waals surface area contributed by atoms with Crippen LogP contribution in [0.2, 0.25) is 0 Å². The van der Waals surface area contributed by atoms with Crippen LogP contribution in [0.1, 0.15) is 45.6 Å². The van der Waals surface area contributed by atoms with Gasteiger partial charge in [-0.05, 0) is 30.7 Å². The lowest BCUT2D eigenvalue weighted by Crippen LogP contribution is -2.53. The Morgan fingerprint density at radius 2 is 1.70 bits per heavy atom. The molecule has 1 aliphatic rings. The van der Waals surface area contributed by atoms with Gasteiger partial charge in [-0.15, -0.1) is 0 Å². The van der Waals surface area contributed by atoms with Crippen molar-refractivity contribution in [1.82, 2.24) is 15.3 Å². The number of nitrogens with zero attached hydrogens (tertiary/aromatic N) is 2. The van der Waals surface area contributed by atoms with Crippen molar-refractivity contribution < 1.29 is 29.0 Å². The molecule has 1 saturated heterocycles. The van der Waals surface area contributed by atoms with Crippen molar-refractivity contribution in [2.24, 2.45) is 5.92 Å². The molecule has 9 nitrogen and oxygen atoms in total. The zero-order chi connectivity index (χ0) is 22.1. The largest absolute Gasteiger partial charge is 0.471 e. The van der Waals surface area contributed by atoms with Gasteiger partial charge in [0.1, 0.15) is 6.04 Å². The molecule has 0 aromatic heterocycles. The van der Waals surface area contributed by atoms with Crippen LogP contribution in [0, 0.1) is 5.92 Å². The van der Waals surface area contributed by atoms with Gasteiger partial charge in [0.25, 0.3) is 5.91 Å². The van der Waals surface area contributed by atoms with Gasteiger partial charge in [-0.1, -0.05) is 44.2 Å². The van der Waals surface area contributed by atoms with E-state index in [2.05, 4.69) is 15.1 Å². The number of hydrogen-bond acceptors (Lipinski definition) is 6. The Balaban J connectivity index is 1.88. The van der Waals surface area contributed by atoms with E-state index in [1.165, 1.54) is 11.9 Å². The minimum Gasteiger partial charge on any atom is -0.344 e. The van der Waals surface area contributed by atoms with E-state index in [1.807, 2.05) is 44.2 Å². The minimum atomic E-state index is -0.944. The molecule has 1 aliphatic heterocycles. The number of rotatable bonds is 7. The first kappa shape index (κ1) is 23.2. The molecule has 164 valence electrons. The molecule has 0 radical (unpaired) electrons. The Morgan fingerprint density at radius 1 is 1.03 bits per heavy atom. The number of hydrazine groups is 1. The van der Waals surface area contributed by atoms with Crippen LogP contribution in [0.15, 0.2) is 30.3 Å². The highest BCUT2D eigenvalue weighted by molar-refractivity contribution is 5.88. The van der Waals surface area contributed by atoms with Crippen LogP contribution in [-0.4, -0.2) is 53.0 Å². The van der Waals surface area contributed by atoms with E-state index in [0.717, 1.165) is 10.6 Å². The predicted molar refractivity (Wildman–Crippen MR) is 107 cm³/mol. The second-order valence-corrected chi connectivity index (χ2v) is 7.61. The van der Waals surface area contributed by atoms with Gasteiger partial charge in [0.05, 0.1) is 6.42 Å². The summed E-state index contributed by atoms with van der Waals surface area (Å²) in [5.41, 5.74) is 0.964. The molecular weight excluding hydrogens is 390 g/mol. The molecule has 1 fully saturated rings. The SMILES string of the molecule is CC(=O)N[C@@H](CC(C)C)C(=O)N1CCCN1C(=O)OOC(=O)CCc1ccccc1. The number of amides is 3. The Labute approximate surface area is 176 Å². The second kappa shape index (κ2) is 11.2. The molecule has 0 unspecified atom stereocenters. The van der Waals surface area contributed by atoms with E-state index in [0.29, 0.717) is 25.8 Å². The normalized spacial score (nSPS) is 14.4. The van der Waals surface area contributed by atoms with Gasteiger partial charge >= 0.3 is 12.1 Å². The van der Waals surface area contributed by atoms with E-state index >= 15 is 0 Å². The lowest BCUT2D eigenvalue weighted by atomic mass is 10.0. The molecule has 30 heavy (non-hydrogen) atoms. The number of benzene rings is 1. The third-order valence-electron chi connectivity index (χ3n) is 4.55. The van der Waals surface area contributed by atoms with Gasteiger partial charge < -0.3 is 5.32 Å². The van der Waals surface area contributed by atoms with Gasteiger partial charge in [0, 0.05) is 20.0 Å². The van der Waals surface area contributed by atoms with Crippen molar-refractivity contribution in [3.63, 3.8) is 0 Å². The molecule has 9 heteroatoms. The first-order valence-corrected chi connectivity index (χ1v) is 10.1. The molecule has 0 saturated carbocycles. The Hall–Kier alpha value is -3.10. The molecule has 0 spiro atoms. The van der Waals surface area contributed by atoms with Crippen LogP contribution in [0.4, 0.5) is 4.79 Å². The lowest BCUT2D eigenvalue weighted by molar-refractivity contribution is -0.241. The van der Waals surface area contributed by atoms with Gasteiger partial charge in [-0.3, -0.25) is 9.59 Å². The average Bonchev–Trinajstić information content (AvgIpc) is 3.19. The lowest BCUT2D eigenvalue weighted by Gasteiger charge is -2.30. The van der Waals surface area contributed by atoms with E-state index in [1.54, 1.807) is 0 Å². The Kier molecular flexibility index (Phi) is 8.64. The third-order valence-corrected chi connectivity index (χ3v) is 4.55. The van der Waals surface area contributed by atoms with Crippen molar-refractivity contribution in [3.8, 4) is 0 Å². The van der Waals surface area contributed by atoms with E-state index < -0.39 is 24.0 Å². The molecule has 0 aliphatic carbocycles. The van der Waals surface area contributed by atoms with Gasteiger partial charge in [-0.2, -0.15) is 0 Å². The molecule has 2 rings (SSSR count). The maximum Gasteiger partial charge on any atom is 0.471 e.